The number of ether oxygens (including phenoxy) is 1. The van der Waals surface area contributed by atoms with Gasteiger partial charge in [-0.25, -0.2) is 9.37 Å². The van der Waals surface area contributed by atoms with Gasteiger partial charge in [0, 0.05) is 31.4 Å². The third-order valence-corrected chi connectivity index (χ3v) is 3.74. The number of halogens is 1. The van der Waals surface area contributed by atoms with Gasteiger partial charge in [-0.05, 0) is 32.8 Å². The Balaban J connectivity index is 1.82. The van der Waals surface area contributed by atoms with Crippen LogP contribution in [-0.2, 0) is 13.6 Å². The van der Waals surface area contributed by atoms with Gasteiger partial charge in [0.25, 0.3) is 5.88 Å². The average Bonchev–Trinajstić information content (AvgIpc) is 3.24. The summed E-state index contributed by atoms with van der Waals surface area (Å²) in [5.74, 6) is 0.161. The van der Waals surface area contributed by atoms with Gasteiger partial charge in [-0.15, -0.1) is 0 Å². The molecule has 21 heavy (non-hydrogen) atoms. The third-order valence-electron chi connectivity index (χ3n) is 3.74. The van der Waals surface area contributed by atoms with Crippen LogP contribution in [0.3, 0.4) is 0 Å². The first kappa shape index (κ1) is 14.0. The maximum absolute atomic E-state index is 14.4. The van der Waals surface area contributed by atoms with Crippen molar-refractivity contribution in [3.63, 3.8) is 0 Å². The van der Waals surface area contributed by atoms with E-state index in [9.17, 15) is 4.39 Å². The summed E-state index contributed by atoms with van der Waals surface area (Å²) in [6.45, 7) is 4.21. The molecule has 112 valence electrons. The fourth-order valence-electron chi connectivity index (χ4n) is 2.21. The van der Waals surface area contributed by atoms with Crippen LogP contribution in [0.15, 0.2) is 12.3 Å². The van der Waals surface area contributed by atoms with E-state index in [0.29, 0.717) is 23.9 Å². The zero-order valence-corrected chi connectivity index (χ0v) is 12.5. The molecule has 2 aromatic heterocycles. The van der Waals surface area contributed by atoms with Gasteiger partial charge in [-0.1, -0.05) is 0 Å². The second-order valence-electron chi connectivity index (χ2n) is 5.47. The van der Waals surface area contributed by atoms with Crippen LogP contribution in [0.2, 0.25) is 0 Å². The number of hydrogen-bond donors (Lipinski definition) is 1. The van der Waals surface area contributed by atoms with Gasteiger partial charge in [-0.2, -0.15) is 5.10 Å². The summed E-state index contributed by atoms with van der Waals surface area (Å²) in [4.78, 5) is 4.01. The Hall–Kier alpha value is -1.95. The molecule has 0 radical (unpaired) electrons. The first-order valence-corrected chi connectivity index (χ1v) is 7.11. The van der Waals surface area contributed by atoms with Gasteiger partial charge in [0.05, 0.1) is 5.69 Å². The van der Waals surface area contributed by atoms with Crippen molar-refractivity contribution in [2.24, 2.45) is 7.05 Å². The van der Waals surface area contributed by atoms with E-state index in [4.69, 9.17) is 4.74 Å². The van der Waals surface area contributed by atoms with E-state index < -0.39 is 5.82 Å². The quantitative estimate of drug-likeness (QED) is 0.919. The molecule has 1 fully saturated rings. The van der Waals surface area contributed by atoms with Gasteiger partial charge in [-0.3, -0.25) is 4.68 Å². The van der Waals surface area contributed by atoms with Crippen LogP contribution in [0.25, 0.3) is 0 Å². The molecule has 1 aliphatic rings. The standard InChI is InChI=1S/C15H19FN4O/c1-9-14(10(2)20(3)19-9)21-15-13(16)11(6-7-17-15)8-18-12-4-5-12/h6-7,12,18H,4-5,8H2,1-3H3. The summed E-state index contributed by atoms with van der Waals surface area (Å²) in [5, 5.41) is 7.55. The second-order valence-corrected chi connectivity index (χ2v) is 5.47. The molecule has 2 heterocycles. The summed E-state index contributed by atoms with van der Waals surface area (Å²) < 4.78 is 21.8. The fraction of sp³-hybridized carbons (Fsp3) is 0.467. The average molecular weight is 290 g/mol. The van der Waals surface area contributed by atoms with Crippen molar-refractivity contribution < 1.29 is 9.13 Å². The molecule has 5 nitrogen and oxygen atoms in total. The number of aryl methyl sites for hydroxylation is 2. The van der Waals surface area contributed by atoms with Crippen LogP contribution >= 0.6 is 0 Å². The molecule has 0 atom stereocenters. The highest BCUT2D eigenvalue weighted by Crippen LogP contribution is 2.29. The van der Waals surface area contributed by atoms with Crippen molar-refractivity contribution in [3.05, 3.63) is 35.0 Å². The van der Waals surface area contributed by atoms with Crippen molar-refractivity contribution in [1.29, 1.82) is 0 Å². The number of rotatable bonds is 5. The summed E-state index contributed by atoms with van der Waals surface area (Å²) >= 11 is 0. The molecule has 0 aliphatic heterocycles. The lowest BCUT2D eigenvalue weighted by Gasteiger charge is -2.09. The first-order valence-electron chi connectivity index (χ1n) is 7.11. The molecular weight excluding hydrogens is 271 g/mol. The summed E-state index contributed by atoms with van der Waals surface area (Å²) in [5.41, 5.74) is 2.14. The van der Waals surface area contributed by atoms with Gasteiger partial charge in [0.1, 0.15) is 5.69 Å². The largest absolute Gasteiger partial charge is 0.433 e. The van der Waals surface area contributed by atoms with E-state index in [1.54, 1.807) is 16.9 Å². The monoisotopic (exact) mass is 290 g/mol. The fourth-order valence-corrected chi connectivity index (χ4v) is 2.21. The molecule has 2 aromatic rings. The van der Waals surface area contributed by atoms with Crippen LogP contribution < -0.4 is 10.1 Å². The Morgan fingerprint density at radius 3 is 2.81 bits per heavy atom. The predicted octanol–water partition coefficient (Wildman–Crippen LogP) is 2.62. The maximum Gasteiger partial charge on any atom is 0.256 e. The first-order chi connectivity index (χ1) is 10.1. The molecular formula is C15H19FN4O. The predicted molar refractivity (Wildman–Crippen MR) is 76.8 cm³/mol. The molecule has 0 amide bonds. The zero-order valence-electron chi connectivity index (χ0n) is 12.5. The van der Waals surface area contributed by atoms with Crippen molar-refractivity contribution in [3.8, 4) is 11.6 Å². The highest BCUT2D eigenvalue weighted by Gasteiger charge is 2.22. The Labute approximate surface area is 123 Å². The summed E-state index contributed by atoms with van der Waals surface area (Å²) in [6.07, 6.45) is 3.91. The smallest absolute Gasteiger partial charge is 0.256 e. The third kappa shape index (κ3) is 2.90. The van der Waals surface area contributed by atoms with Gasteiger partial charge >= 0.3 is 0 Å². The highest BCUT2D eigenvalue weighted by atomic mass is 19.1. The lowest BCUT2D eigenvalue weighted by atomic mass is 10.2. The van der Waals surface area contributed by atoms with Crippen LogP contribution in [0.5, 0.6) is 11.6 Å². The van der Waals surface area contributed by atoms with Crippen molar-refractivity contribution >= 4 is 0 Å². The molecule has 6 heteroatoms. The van der Waals surface area contributed by atoms with E-state index in [1.807, 2.05) is 20.9 Å². The minimum Gasteiger partial charge on any atom is -0.433 e. The molecule has 1 aliphatic carbocycles. The number of pyridine rings is 1. The lowest BCUT2D eigenvalue weighted by molar-refractivity contribution is 0.412. The number of aromatic nitrogens is 3. The van der Waals surface area contributed by atoms with E-state index in [0.717, 1.165) is 11.4 Å². The van der Waals surface area contributed by atoms with Crippen molar-refractivity contribution in [1.82, 2.24) is 20.1 Å². The zero-order chi connectivity index (χ0) is 15.0. The topological polar surface area (TPSA) is 52.0 Å². The molecule has 1 N–H and O–H groups in total. The Morgan fingerprint density at radius 1 is 1.43 bits per heavy atom. The molecule has 0 spiro atoms. The lowest BCUT2D eigenvalue weighted by Crippen LogP contribution is -2.16. The Kier molecular flexibility index (Phi) is 3.63. The molecule has 0 saturated heterocycles. The van der Waals surface area contributed by atoms with Crippen LogP contribution in [0.4, 0.5) is 4.39 Å². The Bertz CT molecular complexity index is 664. The number of nitrogens with zero attached hydrogens (tertiary/aromatic N) is 3. The van der Waals surface area contributed by atoms with E-state index >= 15 is 0 Å². The van der Waals surface area contributed by atoms with E-state index in [1.165, 1.54) is 12.8 Å². The van der Waals surface area contributed by atoms with Crippen LogP contribution in [-0.4, -0.2) is 20.8 Å². The number of hydrogen-bond acceptors (Lipinski definition) is 4. The second kappa shape index (κ2) is 5.44. The van der Waals surface area contributed by atoms with Crippen LogP contribution in [0, 0.1) is 19.7 Å². The van der Waals surface area contributed by atoms with Gasteiger partial charge in [0.15, 0.2) is 11.6 Å². The van der Waals surface area contributed by atoms with E-state index in [2.05, 4.69) is 15.4 Å². The normalized spacial score (nSPS) is 14.5. The SMILES string of the molecule is Cc1nn(C)c(C)c1Oc1nccc(CNC2CC2)c1F. The van der Waals surface area contributed by atoms with Crippen molar-refractivity contribution in [2.45, 2.75) is 39.3 Å². The highest BCUT2D eigenvalue weighted by molar-refractivity contribution is 5.36. The summed E-state index contributed by atoms with van der Waals surface area (Å²) in [6, 6.07) is 2.21. The van der Waals surface area contributed by atoms with E-state index in [-0.39, 0.29) is 5.88 Å². The summed E-state index contributed by atoms with van der Waals surface area (Å²) in [7, 11) is 1.83. The molecule has 3 rings (SSSR count). The molecule has 0 bridgehead atoms. The Morgan fingerprint density at radius 2 is 2.19 bits per heavy atom. The van der Waals surface area contributed by atoms with Gasteiger partial charge in [0.2, 0.25) is 0 Å². The molecule has 0 unspecified atom stereocenters. The van der Waals surface area contributed by atoms with Crippen molar-refractivity contribution in [2.75, 3.05) is 0 Å². The van der Waals surface area contributed by atoms with Gasteiger partial charge < -0.3 is 10.1 Å². The molecule has 1 saturated carbocycles. The minimum absolute atomic E-state index is 0.00398. The maximum atomic E-state index is 14.4. The van der Waals surface area contributed by atoms with Crippen LogP contribution in [0.1, 0.15) is 29.8 Å². The minimum atomic E-state index is -0.409. The number of nitrogens with one attached hydrogen (secondary N) is 1. The molecule has 0 aromatic carbocycles.